The first-order valence-corrected chi connectivity index (χ1v) is 9.64. The summed E-state index contributed by atoms with van der Waals surface area (Å²) in [6.45, 7) is 2.60. The van der Waals surface area contributed by atoms with Crippen LogP contribution in [0.3, 0.4) is 0 Å². The molecular weight excluding hydrogens is 358 g/mol. The highest BCUT2D eigenvalue weighted by Gasteiger charge is 2.43. The number of nitrogens with zero attached hydrogens (tertiary/aromatic N) is 3. The van der Waals surface area contributed by atoms with Crippen LogP contribution in [-0.4, -0.2) is 58.4 Å². The Labute approximate surface area is 164 Å². The zero-order valence-electron chi connectivity index (χ0n) is 15.9. The van der Waals surface area contributed by atoms with Gasteiger partial charge in [0.2, 0.25) is 0 Å². The van der Waals surface area contributed by atoms with Crippen LogP contribution in [0, 0.1) is 11.8 Å². The number of ether oxygens (including phenoxy) is 2. The maximum absolute atomic E-state index is 12.0. The van der Waals surface area contributed by atoms with Crippen molar-refractivity contribution in [2.75, 3.05) is 20.2 Å². The summed E-state index contributed by atoms with van der Waals surface area (Å²) in [7, 11) is 1.35. The van der Waals surface area contributed by atoms with Crippen molar-refractivity contribution in [3.63, 3.8) is 0 Å². The molecule has 1 saturated carbocycles. The van der Waals surface area contributed by atoms with E-state index in [4.69, 9.17) is 9.47 Å². The molecule has 0 amide bonds. The number of fused-ring (bicyclic) bond motifs is 1. The Balaban J connectivity index is 1.42. The minimum Gasteiger partial charge on any atom is -0.487 e. The Morgan fingerprint density at radius 1 is 1.14 bits per heavy atom. The number of rotatable bonds is 5. The minimum absolute atomic E-state index is 0.333. The SMILES string of the molecule is COC(=O)c1ccccc1O[C@@H]1C[C@@H]2CN(Cc3ncccn3)C[C@@H]2C[C@H]1O. The third-order valence-electron chi connectivity index (χ3n) is 5.72. The topological polar surface area (TPSA) is 84.8 Å². The lowest BCUT2D eigenvalue weighted by Gasteiger charge is -2.35. The second-order valence-electron chi connectivity index (χ2n) is 7.56. The summed E-state index contributed by atoms with van der Waals surface area (Å²) in [6, 6.07) is 8.83. The largest absolute Gasteiger partial charge is 0.487 e. The normalized spacial score (nSPS) is 27.2. The number of benzene rings is 1. The van der Waals surface area contributed by atoms with Crippen molar-refractivity contribution in [3.8, 4) is 5.75 Å². The van der Waals surface area contributed by atoms with Crippen molar-refractivity contribution in [2.24, 2.45) is 11.8 Å². The second-order valence-corrected chi connectivity index (χ2v) is 7.56. The minimum atomic E-state index is -0.556. The number of methoxy groups -OCH3 is 1. The molecule has 148 valence electrons. The van der Waals surface area contributed by atoms with Crippen LogP contribution in [0.15, 0.2) is 42.7 Å². The molecule has 1 aliphatic carbocycles. The molecule has 2 heterocycles. The summed E-state index contributed by atoms with van der Waals surface area (Å²) in [6.07, 6.45) is 4.09. The molecule has 2 aliphatic rings. The summed E-state index contributed by atoms with van der Waals surface area (Å²) >= 11 is 0. The van der Waals surface area contributed by atoms with Gasteiger partial charge in [0.05, 0.1) is 19.8 Å². The predicted octanol–water partition coefficient (Wildman–Crippen LogP) is 1.91. The van der Waals surface area contributed by atoms with E-state index in [1.807, 2.05) is 12.1 Å². The molecule has 0 bridgehead atoms. The number of para-hydroxylation sites is 1. The Morgan fingerprint density at radius 3 is 2.61 bits per heavy atom. The van der Waals surface area contributed by atoms with Crippen molar-refractivity contribution in [3.05, 3.63) is 54.1 Å². The van der Waals surface area contributed by atoms with Crippen LogP contribution < -0.4 is 4.74 Å². The van der Waals surface area contributed by atoms with Gasteiger partial charge >= 0.3 is 5.97 Å². The highest BCUT2D eigenvalue weighted by atomic mass is 16.5. The number of aliphatic hydroxyl groups is 1. The Bertz CT molecular complexity index is 816. The lowest BCUT2D eigenvalue weighted by Crippen LogP contribution is -2.42. The number of aliphatic hydroxyl groups excluding tert-OH is 1. The van der Waals surface area contributed by atoms with Gasteiger partial charge < -0.3 is 14.6 Å². The van der Waals surface area contributed by atoms with Gasteiger partial charge in [-0.2, -0.15) is 0 Å². The smallest absolute Gasteiger partial charge is 0.341 e. The maximum Gasteiger partial charge on any atom is 0.341 e. The molecule has 1 N–H and O–H groups in total. The summed E-state index contributed by atoms with van der Waals surface area (Å²) in [5.74, 6) is 1.73. The lowest BCUT2D eigenvalue weighted by atomic mass is 9.78. The fraction of sp³-hybridized carbons (Fsp3) is 0.476. The second kappa shape index (κ2) is 8.24. The van der Waals surface area contributed by atoms with E-state index in [1.54, 1.807) is 30.6 Å². The number of hydrogen-bond donors (Lipinski definition) is 1. The Kier molecular flexibility index (Phi) is 5.54. The first kappa shape index (κ1) is 18.8. The van der Waals surface area contributed by atoms with Gasteiger partial charge in [-0.05, 0) is 42.9 Å². The average Bonchev–Trinajstić information content (AvgIpc) is 3.09. The molecular formula is C21H25N3O4. The Morgan fingerprint density at radius 2 is 1.86 bits per heavy atom. The van der Waals surface area contributed by atoms with E-state index in [0.717, 1.165) is 31.9 Å². The molecule has 1 saturated heterocycles. The first-order valence-electron chi connectivity index (χ1n) is 9.64. The van der Waals surface area contributed by atoms with E-state index < -0.39 is 12.1 Å². The third kappa shape index (κ3) is 4.00. The molecule has 4 atom stereocenters. The first-order chi connectivity index (χ1) is 13.6. The fourth-order valence-electron chi connectivity index (χ4n) is 4.37. The average molecular weight is 383 g/mol. The maximum atomic E-state index is 12.0. The van der Waals surface area contributed by atoms with Crippen molar-refractivity contribution in [1.82, 2.24) is 14.9 Å². The summed E-state index contributed by atoms with van der Waals surface area (Å²) in [4.78, 5) is 22.9. The summed E-state index contributed by atoms with van der Waals surface area (Å²) in [5.41, 5.74) is 0.383. The number of carbonyl (C=O) groups excluding carboxylic acids is 1. The number of aromatic nitrogens is 2. The van der Waals surface area contributed by atoms with E-state index in [2.05, 4.69) is 14.9 Å². The summed E-state index contributed by atoms with van der Waals surface area (Å²) < 4.78 is 10.9. The van der Waals surface area contributed by atoms with Gasteiger partial charge in [0.15, 0.2) is 0 Å². The van der Waals surface area contributed by atoms with Gasteiger partial charge in [0, 0.05) is 25.5 Å². The number of esters is 1. The van der Waals surface area contributed by atoms with Gasteiger partial charge in [0.1, 0.15) is 23.2 Å². The van der Waals surface area contributed by atoms with Crippen molar-refractivity contribution < 1.29 is 19.4 Å². The lowest BCUT2D eigenvalue weighted by molar-refractivity contribution is -0.0237. The van der Waals surface area contributed by atoms with E-state index in [0.29, 0.717) is 29.6 Å². The van der Waals surface area contributed by atoms with E-state index in [1.165, 1.54) is 7.11 Å². The quantitative estimate of drug-likeness (QED) is 0.790. The van der Waals surface area contributed by atoms with Crippen molar-refractivity contribution in [1.29, 1.82) is 0 Å². The van der Waals surface area contributed by atoms with Crippen LogP contribution in [0.1, 0.15) is 29.0 Å². The monoisotopic (exact) mass is 383 g/mol. The molecule has 0 unspecified atom stereocenters. The van der Waals surface area contributed by atoms with Gasteiger partial charge in [-0.1, -0.05) is 12.1 Å². The van der Waals surface area contributed by atoms with Crippen LogP contribution in [-0.2, 0) is 11.3 Å². The van der Waals surface area contributed by atoms with Crippen LogP contribution in [0.4, 0.5) is 0 Å². The van der Waals surface area contributed by atoms with Crippen molar-refractivity contribution in [2.45, 2.75) is 31.6 Å². The van der Waals surface area contributed by atoms with Gasteiger partial charge in [-0.3, -0.25) is 4.90 Å². The molecule has 1 aromatic carbocycles. The molecule has 4 rings (SSSR count). The molecule has 28 heavy (non-hydrogen) atoms. The highest BCUT2D eigenvalue weighted by Crippen LogP contribution is 2.38. The summed E-state index contributed by atoms with van der Waals surface area (Å²) in [5, 5.41) is 10.7. The van der Waals surface area contributed by atoms with E-state index in [-0.39, 0.29) is 6.10 Å². The third-order valence-corrected chi connectivity index (χ3v) is 5.72. The molecule has 1 aliphatic heterocycles. The van der Waals surface area contributed by atoms with Gasteiger partial charge in [-0.15, -0.1) is 0 Å². The van der Waals surface area contributed by atoms with Crippen LogP contribution in [0.25, 0.3) is 0 Å². The number of carbonyl (C=O) groups is 1. The number of likely N-dealkylation sites (tertiary alicyclic amines) is 1. The van der Waals surface area contributed by atoms with Crippen molar-refractivity contribution >= 4 is 5.97 Å². The van der Waals surface area contributed by atoms with E-state index >= 15 is 0 Å². The molecule has 7 nitrogen and oxygen atoms in total. The molecule has 1 aromatic heterocycles. The van der Waals surface area contributed by atoms with E-state index in [9.17, 15) is 9.90 Å². The molecule has 0 radical (unpaired) electrons. The zero-order valence-corrected chi connectivity index (χ0v) is 15.9. The fourth-order valence-corrected chi connectivity index (χ4v) is 4.37. The van der Waals surface area contributed by atoms with Crippen LogP contribution in [0.5, 0.6) is 5.75 Å². The van der Waals surface area contributed by atoms with Gasteiger partial charge in [0.25, 0.3) is 0 Å². The predicted molar refractivity (Wildman–Crippen MR) is 102 cm³/mol. The standard InChI is InChI=1S/C21H25N3O4/c1-27-21(26)16-5-2-3-6-18(16)28-19-10-15-12-24(11-14(15)9-17(19)25)13-20-22-7-4-8-23-20/h2-8,14-15,17,19,25H,9-13H2,1H3/t14-,15+,17+,19+/m0/s1. The van der Waals surface area contributed by atoms with Gasteiger partial charge in [-0.25, -0.2) is 14.8 Å². The molecule has 7 heteroatoms. The molecule has 0 spiro atoms. The molecule has 2 aromatic rings. The highest BCUT2D eigenvalue weighted by molar-refractivity contribution is 5.92. The van der Waals surface area contributed by atoms with Crippen LogP contribution in [0.2, 0.25) is 0 Å². The van der Waals surface area contributed by atoms with Crippen LogP contribution >= 0.6 is 0 Å². The molecule has 2 fully saturated rings. The Hall–Kier alpha value is -2.51. The number of hydrogen-bond acceptors (Lipinski definition) is 7. The zero-order chi connectivity index (χ0) is 19.5.